The van der Waals surface area contributed by atoms with E-state index in [4.69, 9.17) is 4.74 Å². The van der Waals surface area contributed by atoms with Gasteiger partial charge in [0.25, 0.3) is 0 Å². The van der Waals surface area contributed by atoms with Crippen molar-refractivity contribution in [1.82, 2.24) is 20.2 Å². The van der Waals surface area contributed by atoms with Gasteiger partial charge in [0.15, 0.2) is 0 Å². The van der Waals surface area contributed by atoms with Crippen LogP contribution >= 0.6 is 0 Å². The summed E-state index contributed by atoms with van der Waals surface area (Å²) in [6.45, 7) is 2.46. The Balaban J connectivity index is 1.21. The second-order valence-electron chi connectivity index (χ2n) is 7.61. The Bertz CT molecular complexity index is 1000. The van der Waals surface area contributed by atoms with E-state index >= 15 is 0 Å². The summed E-state index contributed by atoms with van der Waals surface area (Å²) >= 11 is 0. The zero-order chi connectivity index (χ0) is 18.9. The third kappa shape index (κ3) is 3.37. The summed E-state index contributed by atoms with van der Waals surface area (Å²) in [5.74, 6) is 1.74. The van der Waals surface area contributed by atoms with Crippen LogP contribution < -0.4 is 9.64 Å². The third-order valence-corrected chi connectivity index (χ3v) is 5.76. The maximum Gasteiger partial charge on any atom is 0.233 e. The van der Waals surface area contributed by atoms with Gasteiger partial charge < -0.3 is 9.64 Å². The molecule has 7 heteroatoms. The molecule has 0 bridgehead atoms. The SMILES string of the molecule is Fc1ccc2c(N3CCC(COc4cc5c(nn4)CCC5)CC3)ncnc2c1. The Labute approximate surface area is 162 Å². The molecular weight excluding hydrogens is 357 g/mol. The van der Waals surface area contributed by atoms with E-state index in [9.17, 15) is 4.39 Å². The van der Waals surface area contributed by atoms with E-state index in [1.807, 2.05) is 0 Å². The van der Waals surface area contributed by atoms with Crippen molar-refractivity contribution >= 4 is 16.7 Å². The molecule has 5 rings (SSSR count). The summed E-state index contributed by atoms with van der Waals surface area (Å²) in [6, 6.07) is 6.74. The van der Waals surface area contributed by atoms with Gasteiger partial charge in [-0.25, -0.2) is 14.4 Å². The second kappa shape index (κ2) is 7.30. The molecule has 0 atom stereocenters. The van der Waals surface area contributed by atoms with Crippen molar-refractivity contribution in [3.63, 3.8) is 0 Å². The molecule has 0 unspecified atom stereocenters. The zero-order valence-electron chi connectivity index (χ0n) is 15.6. The minimum Gasteiger partial charge on any atom is -0.476 e. The number of aryl methyl sites for hydroxylation is 2. The Kier molecular flexibility index (Phi) is 4.50. The van der Waals surface area contributed by atoms with Crippen LogP contribution in [-0.2, 0) is 12.8 Å². The van der Waals surface area contributed by atoms with Crippen LogP contribution in [0.15, 0.2) is 30.6 Å². The molecule has 6 nitrogen and oxygen atoms in total. The molecule has 1 aliphatic carbocycles. The fraction of sp³-hybridized carbons (Fsp3) is 0.429. The van der Waals surface area contributed by atoms with E-state index in [1.54, 1.807) is 6.07 Å². The molecule has 0 amide bonds. The number of hydrogen-bond acceptors (Lipinski definition) is 6. The van der Waals surface area contributed by atoms with Gasteiger partial charge in [-0.2, -0.15) is 5.10 Å². The smallest absolute Gasteiger partial charge is 0.233 e. The number of ether oxygens (including phenoxy) is 1. The van der Waals surface area contributed by atoms with E-state index < -0.39 is 0 Å². The molecule has 0 spiro atoms. The van der Waals surface area contributed by atoms with Gasteiger partial charge in [0.05, 0.1) is 17.8 Å². The number of halogens is 1. The van der Waals surface area contributed by atoms with Crippen LogP contribution in [0.3, 0.4) is 0 Å². The molecule has 3 heterocycles. The first-order valence-corrected chi connectivity index (χ1v) is 9.90. The zero-order valence-corrected chi connectivity index (χ0v) is 15.6. The van der Waals surface area contributed by atoms with E-state index in [0.29, 0.717) is 23.9 Å². The molecule has 1 saturated heterocycles. The van der Waals surface area contributed by atoms with Crippen molar-refractivity contribution in [2.24, 2.45) is 5.92 Å². The third-order valence-electron chi connectivity index (χ3n) is 5.76. The maximum absolute atomic E-state index is 13.5. The molecule has 1 aliphatic heterocycles. The number of nitrogens with zero attached hydrogens (tertiary/aromatic N) is 5. The molecule has 144 valence electrons. The summed E-state index contributed by atoms with van der Waals surface area (Å²) in [5, 5.41) is 9.39. The fourth-order valence-corrected chi connectivity index (χ4v) is 4.16. The van der Waals surface area contributed by atoms with E-state index in [0.717, 1.165) is 62.1 Å². The van der Waals surface area contributed by atoms with Crippen molar-refractivity contribution in [3.05, 3.63) is 47.7 Å². The molecule has 2 aliphatic rings. The van der Waals surface area contributed by atoms with Crippen molar-refractivity contribution < 1.29 is 9.13 Å². The van der Waals surface area contributed by atoms with Gasteiger partial charge >= 0.3 is 0 Å². The number of rotatable bonds is 4. The number of aromatic nitrogens is 4. The van der Waals surface area contributed by atoms with Crippen molar-refractivity contribution in [3.8, 4) is 5.88 Å². The van der Waals surface area contributed by atoms with Crippen LogP contribution in [-0.4, -0.2) is 39.9 Å². The van der Waals surface area contributed by atoms with E-state index in [1.165, 1.54) is 24.0 Å². The second-order valence-corrected chi connectivity index (χ2v) is 7.61. The Morgan fingerprint density at radius 1 is 1.07 bits per heavy atom. The Morgan fingerprint density at radius 3 is 2.86 bits per heavy atom. The predicted molar refractivity (Wildman–Crippen MR) is 104 cm³/mol. The predicted octanol–water partition coefficient (Wildman–Crippen LogP) is 3.34. The normalized spacial score (nSPS) is 17.1. The van der Waals surface area contributed by atoms with E-state index in [-0.39, 0.29) is 5.82 Å². The van der Waals surface area contributed by atoms with Gasteiger partial charge in [-0.3, -0.25) is 0 Å². The Morgan fingerprint density at radius 2 is 1.96 bits per heavy atom. The average molecular weight is 379 g/mol. The highest BCUT2D eigenvalue weighted by Gasteiger charge is 2.23. The first-order chi connectivity index (χ1) is 13.8. The number of piperidine rings is 1. The minimum absolute atomic E-state index is 0.275. The molecule has 0 radical (unpaired) electrons. The molecule has 0 N–H and O–H groups in total. The van der Waals surface area contributed by atoms with Gasteiger partial charge in [0.1, 0.15) is 18.0 Å². The first kappa shape index (κ1) is 17.3. The van der Waals surface area contributed by atoms with Crippen molar-refractivity contribution in [2.45, 2.75) is 32.1 Å². The summed E-state index contributed by atoms with van der Waals surface area (Å²) in [7, 11) is 0. The molecular formula is C21H22FN5O. The standard InChI is InChI=1S/C21H22FN5O/c22-16-4-5-17-19(11-16)23-13-24-21(17)27-8-6-14(7-9-27)12-28-20-10-15-2-1-3-18(15)25-26-20/h4-5,10-11,13-14H,1-3,6-9,12H2. The highest BCUT2D eigenvalue weighted by Crippen LogP contribution is 2.28. The molecule has 1 fully saturated rings. The lowest BCUT2D eigenvalue weighted by Crippen LogP contribution is -2.36. The van der Waals surface area contributed by atoms with Crippen LogP contribution in [0.2, 0.25) is 0 Å². The lowest BCUT2D eigenvalue weighted by atomic mass is 9.97. The van der Waals surface area contributed by atoms with Crippen molar-refractivity contribution in [1.29, 1.82) is 0 Å². The minimum atomic E-state index is -0.275. The lowest BCUT2D eigenvalue weighted by Gasteiger charge is -2.33. The van der Waals surface area contributed by atoms with E-state index in [2.05, 4.69) is 31.1 Å². The van der Waals surface area contributed by atoms with Crippen LogP contribution in [0.5, 0.6) is 5.88 Å². The number of fused-ring (bicyclic) bond motifs is 2. The fourth-order valence-electron chi connectivity index (χ4n) is 4.16. The largest absolute Gasteiger partial charge is 0.476 e. The summed E-state index contributed by atoms with van der Waals surface area (Å²) < 4.78 is 19.4. The van der Waals surface area contributed by atoms with Gasteiger partial charge in [0, 0.05) is 30.6 Å². The number of benzene rings is 1. The highest BCUT2D eigenvalue weighted by atomic mass is 19.1. The van der Waals surface area contributed by atoms with Crippen LogP contribution in [0.4, 0.5) is 10.2 Å². The summed E-state index contributed by atoms with van der Waals surface area (Å²) in [6.07, 6.45) is 6.83. The summed E-state index contributed by atoms with van der Waals surface area (Å²) in [4.78, 5) is 10.9. The van der Waals surface area contributed by atoms with Crippen LogP contribution in [0.25, 0.3) is 10.9 Å². The molecule has 28 heavy (non-hydrogen) atoms. The van der Waals surface area contributed by atoms with Gasteiger partial charge in [0.2, 0.25) is 5.88 Å². The summed E-state index contributed by atoms with van der Waals surface area (Å²) in [5.41, 5.74) is 3.05. The van der Waals surface area contributed by atoms with Crippen LogP contribution in [0.1, 0.15) is 30.5 Å². The maximum atomic E-state index is 13.5. The quantitative estimate of drug-likeness (QED) is 0.693. The topological polar surface area (TPSA) is 64.0 Å². The molecule has 3 aromatic rings. The first-order valence-electron chi connectivity index (χ1n) is 9.90. The van der Waals surface area contributed by atoms with Gasteiger partial charge in [-0.15, -0.1) is 5.10 Å². The molecule has 0 saturated carbocycles. The lowest BCUT2D eigenvalue weighted by molar-refractivity contribution is 0.214. The average Bonchev–Trinajstić information content (AvgIpc) is 3.20. The number of hydrogen-bond donors (Lipinski definition) is 0. The highest BCUT2D eigenvalue weighted by molar-refractivity contribution is 5.89. The number of anilines is 1. The van der Waals surface area contributed by atoms with Gasteiger partial charge in [-0.1, -0.05) is 0 Å². The Hall–Kier alpha value is -2.83. The molecule has 2 aromatic heterocycles. The van der Waals surface area contributed by atoms with Crippen molar-refractivity contribution in [2.75, 3.05) is 24.6 Å². The monoisotopic (exact) mass is 379 g/mol. The van der Waals surface area contributed by atoms with Gasteiger partial charge in [-0.05, 0) is 55.7 Å². The van der Waals surface area contributed by atoms with Crippen LogP contribution in [0, 0.1) is 11.7 Å². The molecule has 1 aromatic carbocycles.